The maximum Gasteiger partial charge on any atom is 1.00 e. The smallest absolute Gasteiger partial charge is 0.168 e. The van der Waals surface area contributed by atoms with Crippen LogP contribution in [-0.4, -0.2) is 8.07 Å². The quantitative estimate of drug-likeness (QED) is 0.572. The molecule has 0 saturated heterocycles. The first-order chi connectivity index (χ1) is 11.2. The molecule has 2 aliphatic rings. The Balaban J connectivity index is 0.00000225. The van der Waals surface area contributed by atoms with Gasteiger partial charge in [-0.2, -0.15) is 17.2 Å². The Bertz CT molecular complexity index is 811. The third kappa shape index (κ3) is 3.05. The van der Waals surface area contributed by atoms with E-state index in [1.165, 1.54) is 22.3 Å². The summed E-state index contributed by atoms with van der Waals surface area (Å²) in [7, 11) is -1.72. The number of fused-ring (bicyclic) bond motifs is 1. The van der Waals surface area contributed by atoms with Gasteiger partial charge in [-0.3, -0.25) is 0 Å². The maximum atomic E-state index is 2.56. The van der Waals surface area contributed by atoms with Crippen LogP contribution in [0.2, 0.25) is 13.1 Å². The largest absolute Gasteiger partial charge is 1.00 e. The fraction of sp³-hybridized carbons (Fsp3) is 0.435. The number of hydrogen-bond acceptors (Lipinski definition) is 0. The molecule has 25 heavy (non-hydrogen) atoms. The second kappa shape index (κ2) is 7.03. The molecule has 2 aliphatic carbocycles. The Labute approximate surface area is 167 Å². The summed E-state index contributed by atoms with van der Waals surface area (Å²) in [6, 6.07) is 2.45. The normalized spacial score (nSPS) is 23.0. The second-order valence-electron chi connectivity index (χ2n) is 8.30. The average Bonchev–Trinajstić information content (AvgIpc) is 2.87. The molecule has 0 fully saturated rings. The van der Waals surface area contributed by atoms with E-state index in [0.717, 1.165) is 0 Å². The minimum absolute atomic E-state index is 0. The van der Waals surface area contributed by atoms with Crippen molar-refractivity contribution < 1.29 is 18.9 Å². The monoisotopic (exact) mass is 342 g/mol. The molecule has 128 valence electrons. The van der Waals surface area contributed by atoms with Crippen molar-refractivity contribution >= 4 is 19.3 Å². The zero-order valence-corrected chi connectivity index (χ0v) is 18.5. The van der Waals surface area contributed by atoms with E-state index in [1.54, 1.807) is 21.5 Å². The Hall–Kier alpha value is -0.876. The molecule has 1 aromatic rings. The van der Waals surface area contributed by atoms with Crippen LogP contribution in [0.3, 0.4) is 0 Å². The van der Waals surface area contributed by atoms with Crippen LogP contribution in [-0.2, 0) is 0 Å². The molecule has 2 heteroatoms. The van der Waals surface area contributed by atoms with Gasteiger partial charge in [0.15, 0.2) is 0 Å². The van der Waals surface area contributed by atoms with Gasteiger partial charge in [0.25, 0.3) is 0 Å². The van der Waals surface area contributed by atoms with Crippen molar-refractivity contribution in [3.05, 3.63) is 62.9 Å². The van der Waals surface area contributed by atoms with Gasteiger partial charge in [0.05, 0.1) is 8.07 Å². The molecule has 3 rings (SSSR count). The summed E-state index contributed by atoms with van der Waals surface area (Å²) in [5.74, 6) is 1.10. The van der Waals surface area contributed by atoms with Gasteiger partial charge in [-0.25, -0.2) is 0 Å². The van der Waals surface area contributed by atoms with E-state index in [-0.39, 0.29) is 18.9 Å². The molecule has 0 aromatic heterocycles. The van der Waals surface area contributed by atoms with Gasteiger partial charge in [0.2, 0.25) is 0 Å². The summed E-state index contributed by atoms with van der Waals surface area (Å²) >= 11 is 0. The second-order valence-corrected chi connectivity index (χ2v) is 12.6. The average molecular weight is 343 g/mol. The molecule has 2 unspecified atom stereocenters. The zero-order chi connectivity index (χ0) is 17.8. The number of rotatable bonds is 2. The van der Waals surface area contributed by atoms with Crippen LogP contribution in [0, 0.1) is 12.8 Å². The van der Waals surface area contributed by atoms with Gasteiger partial charge in [0, 0.05) is 0 Å². The summed E-state index contributed by atoms with van der Waals surface area (Å²) in [6.07, 6.45) is 9.11. The third-order valence-corrected chi connectivity index (χ3v) is 10.6. The standard InChI is InChI=1S/C23H31Si.Li/c1-14-11-9-10-12-20-21(14)13-15(2)22(20)24(7,8)23-18(5)16(3)17(4)19(23)6;/h9-14,18H,1-8H3;/q-1;+1. The molecule has 0 saturated carbocycles. The van der Waals surface area contributed by atoms with Gasteiger partial charge >= 0.3 is 18.9 Å². The molecule has 0 nitrogen and oxygen atoms in total. The summed E-state index contributed by atoms with van der Waals surface area (Å²) in [5.41, 5.74) is 9.19. The predicted molar refractivity (Wildman–Crippen MR) is 111 cm³/mol. The molecule has 1 aromatic carbocycles. The van der Waals surface area contributed by atoms with Crippen molar-refractivity contribution in [1.29, 1.82) is 0 Å². The molecule has 0 bridgehead atoms. The van der Waals surface area contributed by atoms with E-state index in [4.69, 9.17) is 0 Å². The van der Waals surface area contributed by atoms with Crippen molar-refractivity contribution in [3.8, 4) is 0 Å². The van der Waals surface area contributed by atoms with Crippen LogP contribution in [0.1, 0.15) is 57.2 Å². The minimum atomic E-state index is -1.72. The molecule has 0 heterocycles. The summed E-state index contributed by atoms with van der Waals surface area (Å²) in [6.45, 7) is 19.2. The van der Waals surface area contributed by atoms with Crippen molar-refractivity contribution in [2.45, 2.75) is 60.6 Å². The summed E-state index contributed by atoms with van der Waals surface area (Å²) < 4.78 is 0. The minimum Gasteiger partial charge on any atom is -0.168 e. The van der Waals surface area contributed by atoms with Crippen LogP contribution in [0.4, 0.5) is 0 Å². The van der Waals surface area contributed by atoms with Gasteiger partial charge in [-0.15, -0.1) is 22.9 Å². The zero-order valence-electron chi connectivity index (χ0n) is 17.5. The van der Waals surface area contributed by atoms with Gasteiger partial charge < -0.3 is 0 Å². The Morgan fingerprint density at radius 1 is 0.960 bits per heavy atom. The van der Waals surface area contributed by atoms with Crippen LogP contribution < -0.4 is 24.0 Å². The fourth-order valence-electron chi connectivity index (χ4n) is 5.12. The molecule has 0 amide bonds. The van der Waals surface area contributed by atoms with Crippen molar-refractivity contribution in [2.24, 2.45) is 5.92 Å². The fourth-order valence-corrected chi connectivity index (χ4v) is 9.77. The summed E-state index contributed by atoms with van der Waals surface area (Å²) in [4.78, 5) is 0. The van der Waals surface area contributed by atoms with Gasteiger partial charge in [-0.05, 0) is 38.2 Å². The van der Waals surface area contributed by atoms with Crippen LogP contribution >= 0.6 is 0 Å². The van der Waals surface area contributed by atoms with E-state index < -0.39 is 8.07 Å². The van der Waals surface area contributed by atoms with Crippen molar-refractivity contribution in [1.82, 2.24) is 0 Å². The maximum absolute atomic E-state index is 2.56. The number of aryl methyl sites for hydroxylation is 1. The molecule has 0 spiro atoms. The van der Waals surface area contributed by atoms with Crippen molar-refractivity contribution in [2.75, 3.05) is 0 Å². The topological polar surface area (TPSA) is 0 Å². The molecule has 0 aliphatic heterocycles. The number of allylic oxidation sites excluding steroid dienone is 7. The third-order valence-electron chi connectivity index (χ3n) is 6.55. The Morgan fingerprint density at radius 3 is 2.16 bits per heavy atom. The van der Waals surface area contributed by atoms with E-state index >= 15 is 0 Å². The first kappa shape index (κ1) is 20.4. The van der Waals surface area contributed by atoms with Crippen LogP contribution in [0.5, 0.6) is 0 Å². The van der Waals surface area contributed by atoms with Gasteiger partial charge in [-0.1, -0.05) is 62.4 Å². The molecular formula is C23H31LiSi. The van der Waals surface area contributed by atoms with E-state index in [9.17, 15) is 0 Å². The Morgan fingerprint density at radius 2 is 1.60 bits per heavy atom. The molecule has 0 N–H and O–H groups in total. The molecule has 2 atom stereocenters. The SMILES string of the molecule is CC1=C(C)C(C)C([Si](C)(C)[c-]2c(C)cc3c2C=CC=CC3C)=C1C.[Li+]. The Kier molecular flexibility index (Phi) is 5.75. The first-order valence-electron chi connectivity index (χ1n) is 9.22. The van der Waals surface area contributed by atoms with Crippen LogP contribution in [0.25, 0.3) is 6.08 Å². The molecular weight excluding hydrogens is 311 g/mol. The van der Waals surface area contributed by atoms with Gasteiger partial charge in [0.1, 0.15) is 0 Å². The number of hydrogen-bond donors (Lipinski definition) is 0. The van der Waals surface area contributed by atoms with E-state index in [1.807, 2.05) is 0 Å². The van der Waals surface area contributed by atoms with E-state index in [0.29, 0.717) is 11.8 Å². The molecule has 0 radical (unpaired) electrons. The van der Waals surface area contributed by atoms with Crippen LogP contribution in [0.15, 0.2) is 46.2 Å². The summed E-state index contributed by atoms with van der Waals surface area (Å²) in [5, 5.41) is 3.40. The predicted octanol–water partition coefficient (Wildman–Crippen LogP) is 3.16. The van der Waals surface area contributed by atoms with Crippen molar-refractivity contribution in [3.63, 3.8) is 0 Å². The van der Waals surface area contributed by atoms with E-state index in [2.05, 4.69) is 85.0 Å². The first-order valence-corrected chi connectivity index (χ1v) is 12.2.